The number of amides is 1. The van der Waals surface area contributed by atoms with Gasteiger partial charge < -0.3 is 14.7 Å². The molecule has 1 aromatic heterocycles. The molecule has 2 heterocycles. The molecule has 26 heavy (non-hydrogen) atoms. The molecule has 0 bridgehead atoms. The van der Waals surface area contributed by atoms with E-state index in [1.54, 1.807) is 6.07 Å². The molecule has 1 aliphatic rings. The largest absolute Gasteiger partial charge is 0.360 e. The van der Waals surface area contributed by atoms with Gasteiger partial charge in [-0.2, -0.15) is 0 Å². The van der Waals surface area contributed by atoms with Gasteiger partial charge in [0, 0.05) is 28.7 Å². The topological polar surface area (TPSA) is 58.4 Å². The van der Waals surface area contributed by atoms with Crippen LogP contribution in [0, 0.1) is 0 Å². The fraction of sp³-hybridized carbons (Fsp3) is 0.500. The number of benzene rings is 1. The minimum absolute atomic E-state index is 0.0457. The second-order valence-corrected chi connectivity index (χ2v) is 8.29. The summed E-state index contributed by atoms with van der Waals surface area (Å²) in [6.45, 7) is 7.00. The molecule has 2 aromatic rings. The molecule has 0 saturated carbocycles. The van der Waals surface area contributed by atoms with E-state index >= 15 is 0 Å². The fourth-order valence-electron chi connectivity index (χ4n) is 3.22. The summed E-state index contributed by atoms with van der Waals surface area (Å²) in [5.41, 5.74) is 0.875. The van der Waals surface area contributed by atoms with Crippen molar-refractivity contribution in [3.63, 3.8) is 0 Å². The van der Waals surface area contributed by atoms with Gasteiger partial charge in [0.15, 0.2) is 5.82 Å². The van der Waals surface area contributed by atoms with Gasteiger partial charge in [-0.1, -0.05) is 50.4 Å². The molecule has 0 radical (unpaired) electrons. The number of halogens is 1. The van der Waals surface area contributed by atoms with Crippen LogP contribution in [0.1, 0.15) is 52.2 Å². The van der Waals surface area contributed by atoms with Crippen LogP contribution in [-0.2, 0) is 10.2 Å². The minimum Gasteiger partial charge on any atom is -0.360 e. The van der Waals surface area contributed by atoms with E-state index in [0.29, 0.717) is 10.8 Å². The Balaban J connectivity index is 1.78. The van der Waals surface area contributed by atoms with Crippen molar-refractivity contribution in [3.8, 4) is 0 Å². The van der Waals surface area contributed by atoms with E-state index in [1.165, 1.54) is 0 Å². The summed E-state index contributed by atoms with van der Waals surface area (Å²) in [7, 11) is 0. The summed E-state index contributed by atoms with van der Waals surface area (Å²) in [4.78, 5) is 15.1. The second kappa shape index (κ2) is 7.70. The molecule has 1 unspecified atom stereocenters. The van der Waals surface area contributed by atoms with E-state index in [4.69, 9.17) is 16.1 Å². The number of aromatic nitrogens is 1. The number of anilines is 2. The summed E-state index contributed by atoms with van der Waals surface area (Å²) in [5, 5.41) is 7.64. The summed E-state index contributed by atoms with van der Waals surface area (Å²) < 4.78 is 5.37. The van der Waals surface area contributed by atoms with E-state index < -0.39 is 0 Å². The molecule has 1 N–H and O–H groups in total. The average molecular weight is 376 g/mol. The predicted octanol–water partition coefficient (Wildman–Crippen LogP) is 5.01. The van der Waals surface area contributed by atoms with Crippen LogP contribution in [0.3, 0.4) is 0 Å². The lowest BCUT2D eigenvalue weighted by Crippen LogP contribution is -2.44. The van der Waals surface area contributed by atoms with E-state index in [1.807, 2.05) is 45.0 Å². The Kier molecular flexibility index (Phi) is 5.56. The van der Waals surface area contributed by atoms with Gasteiger partial charge >= 0.3 is 0 Å². The quantitative estimate of drug-likeness (QED) is 0.818. The van der Waals surface area contributed by atoms with Crippen molar-refractivity contribution < 1.29 is 9.32 Å². The summed E-state index contributed by atoms with van der Waals surface area (Å²) in [6.07, 6.45) is 4.06. The molecule has 1 amide bonds. The van der Waals surface area contributed by atoms with Crippen LogP contribution in [0.2, 0.25) is 5.02 Å². The SMILES string of the molecule is CC(C)(C)c1cc(NC(=O)C2CCCCCN2c2ccc(Cl)cc2)no1. The van der Waals surface area contributed by atoms with Crippen LogP contribution in [0.5, 0.6) is 0 Å². The Labute approximate surface area is 159 Å². The number of nitrogens with zero attached hydrogens (tertiary/aromatic N) is 2. The first-order valence-corrected chi connectivity index (χ1v) is 9.53. The third kappa shape index (κ3) is 4.39. The van der Waals surface area contributed by atoms with Crippen molar-refractivity contribution in [2.24, 2.45) is 0 Å². The molecule has 1 aromatic carbocycles. The Hall–Kier alpha value is -2.01. The molecule has 3 rings (SSSR count). The Morgan fingerprint density at radius 1 is 1.23 bits per heavy atom. The second-order valence-electron chi connectivity index (χ2n) is 7.85. The van der Waals surface area contributed by atoms with Crippen LogP contribution in [0.15, 0.2) is 34.9 Å². The first-order chi connectivity index (χ1) is 12.3. The number of carbonyl (C=O) groups is 1. The van der Waals surface area contributed by atoms with Crippen LogP contribution in [0.4, 0.5) is 11.5 Å². The van der Waals surface area contributed by atoms with E-state index in [-0.39, 0.29) is 17.4 Å². The standard InChI is InChI=1S/C20H26ClN3O2/c1-20(2,3)17-13-18(23-26-17)22-19(25)16-7-5-4-6-12-24(16)15-10-8-14(21)9-11-15/h8-11,13,16H,4-7,12H2,1-3H3,(H,22,23,25). The molecule has 140 valence electrons. The minimum atomic E-state index is -0.228. The zero-order valence-corrected chi connectivity index (χ0v) is 16.3. The first-order valence-electron chi connectivity index (χ1n) is 9.15. The van der Waals surface area contributed by atoms with Gasteiger partial charge in [-0.25, -0.2) is 0 Å². The molecule has 0 spiro atoms. The van der Waals surface area contributed by atoms with Crippen LogP contribution >= 0.6 is 11.6 Å². The normalized spacial score (nSPS) is 18.5. The molecule has 1 atom stereocenters. The summed E-state index contributed by atoms with van der Waals surface area (Å²) in [5.74, 6) is 1.18. The number of hydrogen-bond acceptors (Lipinski definition) is 4. The molecule has 6 heteroatoms. The van der Waals surface area contributed by atoms with E-state index in [2.05, 4.69) is 15.4 Å². The number of nitrogens with one attached hydrogen (secondary N) is 1. The summed E-state index contributed by atoms with van der Waals surface area (Å²) >= 11 is 6.01. The van der Waals surface area contributed by atoms with Crippen LogP contribution in [0.25, 0.3) is 0 Å². The molecule has 1 aliphatic heterocycles. The third-order valence-electron chi connectivity index (χ3n) is 4.71. The lowest BCUT2D eigenvalue weighted by molar-refractivity contribution is -0.117. The highest BCUT2D eigenvalue weighted by Gasteiger charge is 2.29. The number of hydrogen-bond donors (Lipinski definition) is 1. The van der Waals surface area contributed by atoms with Crippen LogP contribution < -0.4 is 10.2 Å². The number of carbonyl (C=O) groups excluding carboxylic acids is 1. The fourth-order valence-corrected chi connectivity index (χ4v) is 3.35. The Bertz CT molecular complexity index is 749. The molecular weight excluding hydrogens is 350 g/mol. The van der Waals surface area contributed by atoms with E-state index in [0.717, 1.165) is 43.7 Å². The Morgan fingerprint density at radius 2 is 1.96 bits per heavy atom. The maximum atomic E-state index is 13.0. The Morgan fingerprint density at radius 3 is 2.62 bits per heavy atom. The van der Waals surface area contributed by atoms with Crippen molar-refractivity contribution >= 4 is 29.0 Å². The molecule has 5 nitrogen and oxygen atoms in total. The molecule has 1 fully saturated rings. The first kappa shape index (κ1) is 18.8. The maximum absolute atomic E-state index is 13.0. The smallest absolute Gasteiger partial charge is 0.248 e. The van der Waals surface area contributed by atoms with Gasteiger partial charge in [0.05, 0.1) is 0 Å². The van der Waals surface area contributed by atoms with Crippen molar-refractivity contribution in [3.05, 3.63) is 41.1 Å². The van der Waals surface area contributed by atoms with Gasteiger partial charge in [0.1, 0.15) is 11.8 Å². The van der Waals surface area contributed by atoms with Crippen molar-refractivity contribution in [2.75, 3.05) is 16.8 Å². The van der Waals surface area contributed by atoms with Crippen molar-refractivity contribution in [1.82, 2.24) is 5.16 Å². The zero-order valence-electron chi connectivity index (χ0n) is 15.6. The molecule has 0 aliphatic carbocycles. The van der Waals surface area contributed by atoms with Crippen molar-refractivity contribution in [2.45, 2.75) is 57.9 Å². The average Bonchev–Trinajstić information content (AvgIpc) is 2.92. The monoisotopic (exact) mass is 375 g/mol. The van der Waals surface area contributed by atoms with Gasteiger partial charge in [0.2, 0.25) is 5.91 Å². The van der Waals surface area contributed by atoms with Gasteiger partial charge in [0.25, 0.3) is 0 Å². The van der Waals surface area contributed by atoms with Crippen LogP contribution in [-0.4, -0.2) is 23.7 Å². The van der Waals surface area contributed by atoms with Gasteiger partial charge in [-0.3, -0.25) is 4.79 Å². The third-order valence-corrected chi connectivity index (χ3v) is 4.97. The van der Waals surface area contributed by atoms with Gasteiger partial charge in [-0.15, -0.1) is 0 Å². The zero-order chi connectivity index (χ0) is 18.7. The number of rotatable bonds is 3. The van der Waals surface area contributed by atoms with Crippen molar-refractivity contribution in [1.29, 1.82) is 0 Å². The lowest BCUT2D eigenvalue weighted by Gasteiger charge is -2.31. The highest BCUT2D eigenvalue weighted by molar-refractivity contribution is 6.30. The highest BCUT2D eigenvalue weighted by atomic mass is 35.5. The lowest BCUT2D eigenvalue weighted by atomic mass is 9.93. The molecular formula is C20H26ClN3O2. The summed E-state index contributed by atoms with van der Waals surface area (Å²) in [6, 6.07) is 9.26. The molecule has 1 saturated heterocycles. The maximum Gasteiger partial charge on any atom is 0.248 e. The highest BCUT2D eigenvalue weighted by Crippen LogP contribution is 2.28. The van der Waals surface area contributed by atoms with E-state index in [9.17, 15) is 4.79 Å². The van der Waals surface area contributed by atoms with Gasteiger partial charge in [-0.05, 0) is 37.1 Å². The predicted molar refractivity (Wildman–Crippen MR) is 105 cm³/mol.